The van der Waals surface area contributed by atoms with Gasteiger partial charge in [0.2, 0.25) is 5.91 Å². The van der Waals surface area contributed by atoms with Crippen LogP contribution in [0.15, 0.2) is 78.9 Å². The van der Waals surface area contributed by atoms with Crippen molar-refractivity contribution in [1.29, 1.82) is 0 Å². The van der Waals surface area contributed by atoms with Gasteiger partial charge in [-0.15, -0.1) is 0 Å². The molecular weight excluding hydrogens is 580 g/mol. The number of benzene rings is 3. The molecule has 246 valence electrons. The molecule has 1 saturated heterocycles. The Morgan fingerprint density at radius 1 is 0.978 bits per heavy atom. The van der Waals surface area contributed by atoms with E-state index in [1.54, 1.807) is 42.5 Å². The number of aliphatic hydroxyl groups excluding tert-OH is 1. The summed E-state index contributed by atoms with van der Waals surface area (Å²) >= 11 is 0. The van der Waals surface area contributed by atoms with Crippen LogP contribution in [0.2, 0.25) is 0 Å². The molecule has 1 aliphatic heterocycles. The summed E-state index contributed by atoms with van der Waals surface area (Å²) in [5, 5.41) is 19.1. The van der Waals surface area contributed by atoms with E-state index in [1.165, 1.54) is 26.0 Å². The molecule has 0 aromatic heterocycles. The zero-order valence-electron chi connectivity index (χ0n) is 34.5. The molecule has 46 heavy (non-hydrogen) atoms. The first kappa shape index (κ1) is 24.8. The Hall–Kier alpha value is -4.37. The molecule has 9 heteroatoms. The molecule has 1 aliphatic rings. The fourth-order valence-electron chi connectivity index (χ4n) is 5.31. The maximum absolute atomic E-state index is 14.2. The zero-order valence-corrected chi connectivity index (χ0v) is 26.5. The Morgan fingerprint density at radius 3 is 2.24 bits per heavy atom. The first-order valence-corrected chi connectivity index (χ1v) is 15.3. The lowest BCUT2D eigenvalue weighted by molar-refractivity contribution is -0.128. The number of para-hydroxylation sites is 1. The molecule has 4 N–H and O–H groups in total. The molecular formula is C37H48N4O5. The Balaban J connectivity index is 1.67. The summed E-state index contributed by atoms with van der Waals surface area (Å²) in [5.74, 6) is -1.95. The monoisotopic (exact) mass is 636 g/mol. The van der Waals surface area contributed by atoms with Gasteiger partial charge in [0.15, 0.2) is 6.61 Å². The van der Waals surface area contributed by atoms with Crippen LogP contribution >= 0.6 is 0 Å². The van der Waals surface area contributed by atoms with Crippen LogP contribution in [-0.2, 0) is 22.4 Å². The van der Waals surface area contributed by atoms with Crippen LogP contribution in [0.4, 0.5) is 4.79 Å². The highest BCUT2D eigenvalue weighted by molar-refractivity contribution is 5.87. The maximum Gasteiger partial charge on any atom is 0.318 e. The van der Waals surface area contributed by atoms with Crippen LogP contribution in [0, 0.1) is 19.8 Å². The van der Waals surface area contributed by atoms with Gasteiger partial charge in [0.1, 0.15) is 11.8 Å². The van der Waals surface area contributed by atoms with Gasteiger partial charge < -0.3 is 30.7 Å². The van der Waals surface area contributed by atoms with Crippen molar-refractivity contribution in [3.63, 3.8) is 0 Å². The minimum atomic E-state index is -3.33. The van der Waals surface area contributed by atoms with Crippen molar-refractivity contribution in [2.24, 2.45) is 5.92 Å². The van der Waals surface area contributed by atoms with E-state index in [0.29, 0.717) is 10.6 Å². The number of ether oxygens (including phenoxy) is 1. The van der Waals surface area contributed by atoms with Gasteiger partial charge in [0.25, 0.3) is 5.91 Å². The quantitative estimate of drug-likeness (QED) is 0.198. The molecule has 4 amide bonds. The number of amides is 4. The third-order valence-corrected chi connectivity index (χ3v) is 7.58. The molecule has 0 unspecified atom stereocenters. The summed E-state index contributed by atoms with van der Waals surface area (Å²) in [6.45, 7) is -0.176. The van der Waals surface area contributed by atoms with Crippen molar-refractivity contribution >= 4 is 17.8 Å². The SMILES string of the molecule is [2H]C([2H])(c1ccccc1)[C@@H](C[C@H](O)[C@H](Cc1ccccc1)NC(=O)COc1c(C)cccc1C)NC(=O)[C@H](C(C)C)N1C(=O)NC([2H])([2H])C([2H])([2H])C1([2H])[2H]. The van der Waals surface area contributed by atoms with Crippen LogP contribution in [0.5, 0.6) is 5.75 Å². The average molecular weight is 637 g/mol. The fraction of sp³-hybridized carbons (Fsp3) is 0.432. The first-order valence-electron chi connectivity index (χ1n) is 19.3. The van der Waals surface area contributed by atoms with E-state index in [2.05, 4.69) is 10.6 Å². The Kier molecular flexibility index (Phi) is 9.06. The van der Waals surface area contributed by atoms with Crippen molar-refractivity contribution in [3.05, 3.63) is 101 Å². The highest BCUT2D eigenvalue weighted by Crippen LogP contribution is 2.22. The second-order valence-corrected chi connectivity index (χ2v) is 11.6. The van der Waals surface area contributed by atoms with E-state index in [4.69, 9.17) is 13.0 Å². The summed E-state index contributed by atoms with van der Waals surface area (Å²) in [6, 6.07) is 16.7. The van der Waals surface area contributed by atoms with Gasteiger partial charge in [0.05, 0.1) is 12.1 Å². The average Bonchev–Trinajstić information content (AvgIpc) is 3.09. The zero-order chi connectivity index (χ0) is 40.2. The summed E-state index contributed by atoms with van der Waals surface area (Å²) in [5.41, 5.74) is 2.53. The largest absolute Gasteiger partial charge is 0.483 e. The minimum absolute atomic E-state index is 0.117. The number of hydrogen-bond donors (Lipinski definition) is 4. The summed E-state index contributed by atoms with van der Waals surface area (Å²) in [6.07, 6.45) is -7.55. The van der Waals surface area contributed by atoms with Gasteiger partial charge in [0, 0.05) is 30.0 Å². The number of rotatable bonds is 15. The van der Waals surface area contributed by atoms with Gasteiger partial charge in [-0.1, -0.05) is 92.7 Å². The fourth-order valence-corrected chi connectivity index (χ4v) is 5.31. The van der Waals surface area contributed by atoms with E-state index in [9.17, 15) is 22.2 Å². The molecule has 1 heterocycles. The maximum atomic E-state index is 14.2. The third-order valence-electron chi connectivity index (χ3n) is 7.58. The Labute approximate surface area is 284 Å². The predicted molar refractivity (Wildman–Crippen MR) is 180 cm³/mol. The second-order valence-electron chi connectivity index (χ2n) is 11.6. The lowest BCUT2D eigenvalue weighted by atomic mass is 9.92. The lowest BCUT2D eigenvalue weighted by Gasteiger charge is -2.37. The molecule has 0 bridgehead atoms. The van der Waals surface area contributed by atoms with Crippen molar-refractivity contribution in [3.8, 4) is 5.75 Å². The molecule has 3 aromatic rings. The van der Waals surface area contributed by atoms with E-state index >= 15 is 0 Å². The highest BCUT2D eigenvalue weighted by Gasteiger charge is 2.35. The molecule has 4 atom stereocenters. The van der Waals surface area contributed by atoms with Crippen molar-refractivity contribution in [2.75, 3.05) is 19.6 Å². The normalized spacial score (nSPS) is 22.0. The van der Waals surface area contributed by atoms with Gasteiger partial charge in [-0.05, 0) is 67.6 Å². The number of urea groups is 1. The van der Waals surface area contributed by atoms with Crippen molar-refractivity contribution in [1.82, 2.24) is 20.9 Å². The summed E-state index contributed by atoms with van der Waals surface area (Å²) in [4.78, 5) is 41.1. The topological polar surface area (TPSA) is 120 Å². The van der Waals surface area contributed by atoms with Crippen LogP contribution in [0.25, 0.3) is 0 Å². The molecule has 0 saturated carbocycles. The lowest BCUT2D eigenvalue weighted by Crippen LogP contribution is -2.59. The number of aliphatic hydroxyl groups is 1. The third kappa shape index (κ3) is 9.81. The Morgan fingerprint density at radius 2 is 1.61 bits per heavy atom. The van der Waals surface area contributed by atoms with Crippen LogP contribution in [0.1, 0.15) is 59.9 Å². The number of nitrogens with zero attached hydrogens (tertiary/aromatic N) is 1. The first-order chi connectivity index (χ1) is 25.1. The van der Waals surface area contributed by atoms with Crippen LogP contribution in [-0.4, -0.2) is 71.7 Å². The highest BCUT2D eigenvalue weighted by atomic mass is 16.5. The van der Waals surface area contributed by atoms with E-state index in [-0.39, 0.29) is 18.6 Å². The molecule has 0 spiro atoms. The minimum Gasteiger partial charge on any atom is -0.483 e. The molecule has 1 fully saturated rings. The van der Waals surface area contributed by atoms with Gasteiger partial charge >= 0.3 is 6.03 Å². The number of aryl methyl sites for hydroxylation is 2. The van der Waals surface area contributed by atoms with Gasteiger partial charge in [-0.25, -0.2) is 4.79 Å². The number of hydrogen-bond acceptors (Lipinski definition) is 5. The number of nitrogens with one attached hydrogen (secondary N) is 3. The predicted octanol–water partition coefficient (Wildman–Crippen LogP) is 4.33. The number of carbonyl (C=O) groups is 3. The molecule has 3 aromatic carbocycles. The molecule has 4 rings (SSSR count). The Bertz CT molecular complexity index is 1760. The molecule has 0 aliphatic carbocycles. The summed E-state index contributed by atoms with van der Waals surface area (Å²) < 4.78 is 73.8. The smallest absolute Gasteiger partial charge is 0.318 e. The number of carbonyl (C=O) groups excluding carboxylic acids is 3. The van der Waals surface area contributed by atoms with Gasteiger partial charge in [-0.2, -0.15) is 0 Å². The van der Waals surface area contributed by atoms with E-state index < -0.39 is 80.2 Å². The second kappa shape index (κ2) is 16.8. The summed E-state index contributed by atoms with van der Waals surface area (Å²) in [7, 11) is 0. The standard InChI is InChI=1S/C37H48N4O5/c1-25(2)34(41-20-12-19-38-37(41)45)36(44)39-30(21-28-15-7-5-8-16-28)23-32(42)31(22-29-17-9-6-10-18-29)40-33(43)24-46-35-26(3)13-11-14-27(35)4/h5-11,13-18,25,30-32,34,42H,12,19-24H2,1-4H3,(H,38,45)(H,39,44)(H,40,43)/t30-,31-,32-,34-/m0/s1/i12D2,19D2,20D2,21D2. The van der Waals surface area contributed by atoms with Crippen molar-refractivity contribution in [2.45, 2.75) is 77.5 Å². The molecule has 9 nitrogen and oxygen atoms in total. The van der Waals surface area contributed by atoms with Crippen molar-refractivity contribution < 1.29 is 35.2 Å². The van der Waals surface area contributed by atoms with Gasteiger partial charge in [-0.3, -0.25) is 9.59 Å². The van der Waals surface area contributed by atoms with Crippen LogP contribution < -0.4 is 20.7 Å². The van der Waals surface area contributed by atoms with E-state index in [1.807, 2.05) is 43.4 Å². The van der Waals surface area contributed by atoms with E-state index in [0.717, 1.165) is 16.7 Å². The molecule has 0 radical (unpaired) electrons. The van der Waals surface area contributed by atoms with Crippen LogP contribution in [0.3, 0.4) is 0 Å².